The number of amides is 1. The molecule has 24 heavy (non-hydrogen) atoms. The van der Waals surface area contributed by atoms with E-state index >= 15 is 0 Å². The van der Waals surface area contributed by atoms with Crippen molar-refractivity contribution in [3.8, 4) is 11.8 Å². The van der Waals surface area contributed by atoms with Crippen LogP contribution in [0.15, 0.2) is 54.6 Å². The lowest BCUT2D eigenvalue weighted by atomic mass is 10.1. The van der Waals surface area contributed by atoms with Crippen molar-refractivity contribution in [3.63, 3.8) is 0 Å². The maximum absolute atomic E-state index is 12.8. The van der Waals surface area contributed by atoms with Crippen LogP contribution in [-0.2, 0) is 16.1 Å². The van der Waals surface area contributed by atoms with Crippen molar-refractivity contribution in [1.82, 2.24) is 5.32 Å². The number of Topliss-reactive ketones (excluding diaryl/α,β-unsaturated/α-hetero) is 1. The second-order valence-corrected chi connectivity index (χ2v) is 4.97. The maximum Gasteiger partial charge on any atom is 0.245 e. The smallest absolute Gasteiger partial charge is 0.245 e. The van der Waals surface area contributed by atoms with Gasteiger partial charge in [0.2, 0.25) is 5.91 Å². The van der Waals surface area contributed by atoms with Crippen LogP contribution in [0.2, 0.25) is 0 Å². The minimum atomic E-state index is -1.45. The summed E-state index contributed by atoms with van der Waals surface area (Å²) in [5.74, 6) is -2.93. The van der Waals surface area contributed by atoms with Crippen LogP contribution in [0.3, 0.4) is 0 Å². The van der Waals surface area contributed by atoms with Crippen LogP contribution >= 0.6 is 0 Å². The van der Waals surface area contributed by atoms with E-state index in [2.05, 4.69) is 5.32 Å². The Morgan fingerprint density at radius 3 is 2.42 bits per heavy atom. The molecular formula is C18H15FN2O3. The Bertz CT molecular complexity index is 739. The zero-order valence-corrected chi connectivity index (χ0v) is 12.7. The van der Waals surface area contributed by atoms with Crippen molar-refractivity contribution in [2.45, 2.75) is 6.54 Å². The SMILES string of the molecule is N#C[C@@H](C(=O)COc1ccc(F)cc1)C(=O)NCc1ccccc1. The van der Waals surface area contributed by atoms with Gasteiger partial charge >= 0.3 is 0 Å². The molecular weight excluding hydrogens is 311 g/mol. The summed E-state index contributed by atoms with van der Waals surface area (Å²) in [7, 11) is 0. The third-order valence-electron chi connectivity index (χ3n) is 3.22. The summed E-state index contributed by atoms with van der Waals surface area (Å²) in [4.78, 5) is 24.0. The average Bonchev–Trinajstić information content (AvgIpc) is 2.61. The van der Waals surface area contributed by atoms with Gasteiger partial charge in [-0.2, -0.15) is 5.26 Å². The van der Waals surface area contributed by atoms with Crippen molar-refractivity contribution in [3.05, 3.63) is 66.0 Å². The van der Waals surface area contributed by atoms with E-state index in [-0.39, 0.29) is 12.3 Å². The molecule has 0 saturated carbocycles. The first kappa shape index (κ1) is 17.2. The number of rotatable bonds is 7. The number of halogens is 1. The molecule has 0 aliphatic heterocycles. The van der Waals surface area contributed by atoms with Crippen LogP contribution in [0.4, 0.5) is 4.39 Å². The summed E-state index contributed by atoms with van der Waals surface area (Å²) in [6, 6.07) is 15.9. The molecule has 2 aromatic carbocycles. The minimum absolute atomic E-state index is 0.226. The summed E-state index contributed by atoms with van der Waals surface area (Å²) in [6.07, 6.45) is 0. The molecule has 0 saturated heterocycles. The lowest BCUT2D eigenvalue weighted by Gasteiger charge is -2.10. The Morgan fingerprint density at radius 2 is 1.79 bits per heavy atom. The topological polar surface area (TPSA) is 79.2 Å². The molecule has 0 heterocycles. The summed E-state index contributed by atoms with van der Waals surface area (Å²) >= 11 is 0. The van der Waals surface area contributed by atoms with E-state index in [0.717, 1.165) is 5.56 Å². The molecule has 2 rings (SSSR count). The lowest BCUT2D eigenvalue weighted by Crippen LogP contribution is -2.36. The van der Waals surface area contributed by atoms with E-state index in [1.165, 1.54) is 24.3 Å². The highest BCUT2D eigenvalue weighted by Gasteiger charge is 2.26. The molecule has 0 aromatic heterocycles. The number of ketones is 1. The van der Waals surface area contributed by atoms with Crippen LogP contribution < -0.4 is 10.1 Å². The first-order valence-corrected chi connectivity index (χ1v) is 7.22. The Kier molecular flexibility index (Phi) is 6.03. The van der Waals surface area contributed by atoms with Gasteiger partial charge in [-0.05, 0) is 29.8 Å². The predicted octanol–water partition coefficient (Wildman–Crippen LogP) is 2.23. The molecule has 1 amide bonds. The van der Waals surface area contributed by atoms with Crippen LogP contribution in [0, 0.1) is 23.1 Å². The van der Waals surface area contributed by atoms with Gasteiger partial charge in [-0.3, -0.25) is 9.59 Å². The minimum Gasteiger partial charge on any atom is -0.486 e. The van der Waals surface area contributed by atoms with Gasteiger partial charge in [0.05, 0.1) is 6.07 Å². The second-order valence-electron chi connectivity index (χ2n) is 4.97. The van der Waals surface area contributed by atoms with Crippen molar-refractivity contribution < 1.29 is 18.7 Å². The van der Waals surface area contributed by atoms with Gasteiger partial charge in [0.25, 0.3) is 0 Å². The number of carbonyl (C=O) groups is 2. The van der Waals surface area contributed by atoms with Gasteiger partial charge in [-0.15, -0.1) is 0 Å². The van der Waals surface area contributed by atoms with Gasteiger partial charge in [0.15, 0.2) is 11.7 Å². The highest BCUT2D eigenvalue weighted by atomic mass is 19.1. The van der Waals surface area contributed by atoms with Crippen LogP contribution in [0.1, 0.15) is 5.56 Å². The Morgan fingerprint density at radius 1 is 1.12 bits per heavy atom. The highest BCUT2D eigenvalue weighted by molar-refractivity contribution is 6.04. The fraction of sp³-hybridized carbons (Fsp3) is 0.167. The van der Waals surface area contributed by atoms with Crippen molar-refractivity contribution >= 4 is 11.7 Å². The van der Waals surface area contributed by atoms with Crippen LogP contribution in [0.5, 0.6) is 5.75 Å². The Balaban J connectivity index is 1.87. The van der Waals surface area contributed by atoms with Crippen LogP contribution in [-0.4, -0.2) is 18.3 Å². The molecule has 0 spiro atoms. The highest BCUT2D eigenvalue weighted by Crippen LogP contribution is 2.11. The zero-order chi connectivity index (χ0) is 17.4. The summed E-state index contributed by atoms with van der Waals surface area (Å²) in [6.45, 7) is -0.216. The van der Waals surface area contributed by atoms with Crippen LogP contribution in [0.25, 0.3) is 0 Å². The normalized spacial score (nSPS) is 11.2. The molecule has 1 N–H and O–H groups in total. The Labute approximate surface area is 138 Å². The zero-order valence-electron chi connectivity index (χ0n) is 12.7. The largest absolute Gasteiger partial charge is 0.486 e. The molecule has 0 aliphatic rings. The molecule has 0 unspecified atom stereocenters. The monoisotopic (exact) mass is 326 g/mol. The fourth-order valence-corrected chi connectivity index (χ4v) is 1.93. The van der Waals surface area contributed by atoms with Gasteiger partial charge in [0.1, 0.15) is 18.2 Å². The molecule has 2 aromatic rings. The summed E-state index contributed by atoms with van der Waals surface area (Å²) < 4.78 is 18.0. The number of hydrogen-bond acceptors (Lipinski definition) is 4. The van der Waals surface area contributed by atoms with Crippen molar-refractivity contribution in [2.24, 2.45) is 5.92 Å². The number of benzene rings is 2. The van der Waals surface area contributed by atoms with E-state index in [0.29, 0.717) is 0 Å². The van der Waals surface area contributed by atoms with Gasteiger partial charge in [-0.1, -0.05) is 30.3 Å². The number of ether oxygens (including phenoxy) is 1. The quantitative estimate of drug-likeness (QED) is 0.791. The number of carbonyl (C=O) groups excluding carboxylic acids is 2. The van der Waals surface area contributed by atoms with E-state index in [4.69, 9.17) is 10.00 Å². The van der Waals surface area contributed by atoms with Gasteiger partial charge < -0.3 is 10.1 Å². The first-order valence-electron chi connectivity index (χ1n) is 7.22. The number of nitrogens with one attached hydrogen (secondary N) is 1. The third kappa shape index (κ3) is 4.92. The molecule has 0 radical (unpaired) electrons. The molecule has 1 atom stereocenters. The fourth-order valence-electron chi connectivity index (χ4n) is 1.93. The average molecular weight is 326 g/mol. The van der Waals surface area contributed by atoms with E-state index in [1.54, 1.807) is 6.07 Å². The van der Waals surface area contributed by atoms with Crippen molar-refractivity contribution in [1.29, 1.82) is 5.26 Å². The van der Waals surface area contributed by atoms with E-state index in [1.807, 2.05) is 30.3 Å². The number of nitriles is 1. The summed E-state index contributed by atoms with van der Waals surface area (Å²) in [5, 5.41) is 11.6. The lowest BCUT2D eigenvalue weighted by molar-refractivity contribution is -0.132. The molecule has 0 aliphatic carbocycles. The third-order valence-corrected chi connectivity index (χ3v) is 3.22. The maximum atomic E-state index is 12.8. The molecule has 6 heteroatoms. The molecule has 0 fully saturated rings. The number of hydrogen-bond donors (Lipinski definition) is 1. The second kappa shape index (κ2) is 8.44. The molecule has 0 bridgehead atoms. The summed E-state index contributed by atoms with van der Waals surface area (Å²) in [5.41, 5.74) is 0.859. The van der Waals surface area contributed by atoms with Gasteiger partial charge in [0, 0.05) is 6.54 Å². The van der Waals surface area contributed by atoms with Crippen molar-refractivity contribution in [2.75, 3.05) is 6.61 Å². The molecule has 5 nitrogen and oxygen atoms in total. The van der Waals surface area contributed by atoms with Gasteiger partial charge in [-0.25, -0.2) is 4.39 Å². The van der Waals surface area contributed by atoms with E-state index in [9.17, 15) is 14.0 Å². The first-order chi connectivity index (χ1) is 11.6. The number of nitrogens with zero attached hydrogens (tertiary/aromatic N) is 1. The van der Waals surface area contributed by atoms with E-state index < -0.39 is 30.0 Å². The Hall–Kier alpha value is -3.20. The molecule has 122 valence electrons. The predicted molar refractivity (Wildman–Crippen MR) is 84.3 cm³/mol. The standard InChI is InChI=1S/C18H15FN2O3/c19-14-6-8-15(9-7-14)24-12-17(22)16(10-20)18(23)21-11-13-4-2-1-3-5-13/h1-9,16H,11-12H2,(H,21,23)/t16-/m0/s1.